The molecule has 1 amide bonds. The molecule has 118 valence electrons. The Hall–Kier alpha value is -1.81. The van der Waals surface area contributed by atoms with Gasteiger partial charge >= 0.3 is 0 Å². The number of carbonyl (C=O) groups is 1. The highest BCUT2D eigenvalue weighted by atomic mass is 32.1. The molecule has 2 aromatic rings. The molecule has 1 aliphatic heterocycles. The number of hydrogen-bond donors (Lipinski definition) is 4. The third-order valence-electron chi connectivity index (χ3n) is 3.71. The largest absolute Gasteiger partial charge is 0.389 e. The molecule has 0 radical (unpaired) electrons. The first-order valence-corrected chi connectivity index (χ1v) is 7.72. The van der Waals surface area contributed by atoms with Gasteiger partial charge in [-0.3, -0.25) is 19.8 Å². The highest BCUT2D eigenvalue weighted by molar-refractivity contribution is 7.09. The van der Waals surface area contributed by atoms with Gasteiger partial charge in [-0.25, -0.2) is 0 Å². The topological polar surface area (TPSA) is 114 Å². The first kappa shape index (κ1) is 15.1. The zero-order valence-electron chi connectivity index (χ0n) is 11.8. The molecule has 4 N–H and O–H groups in total. The summed E-state index contributed by atoms with van der Waals surface area (Å²) in [6.45, 7) is 1.24. The highest BCUT2D eigenvalue weighted by Crippen LogP contribution is 2.24. The number of hydrogen-bond acceptors (Lipinski definition) is 7. The van der Waals surface area contributed by atoms with E-state index in [1.54, 1.807) is 17.8 Å². The number of aromatic nitrogens is 3. The number of β-amino-alcohol motifs (C(OH)–C–C–N with tert-alkyl or cyclic N) is 2. The van der Waals surface area contributed by atoms with Gasteiger partial charge in [-0.1, -0.05) is 0 Å². The fraction of sp³-hybridized carbons (Fsp3) is 0.462. The van der Waals surface area contributed by atoms with Crippen LogP contribution >= 0.6 is 11.3 Å². The van der Waals surface area contributed by atoms with Crippen molar-refractivity contribution in [2.75, 3.05) is 19.6 Å². The summed E-state index contributed by atoms with van der Waals surface area (Å²) in [6.07, 6.45) is 2.33. The van der Waals surface area contributed by atoms with E-state index in [0.717, 1.165) is 4.88 Å². The van der Waals surface area contributed by atoms with Crippen molar-refractivity contribution in [1.82, 2.24) is 25.4 Å². The molecule has 1 saturated heterocycles. The van der Waals surface area contributed by atoms with Crippen LogP contribution in [0.25, 0.3) is 0 Å². The summed E-state index contributed by atoms with van der Waals surface area (Å²) in [5.41, 5.74) is 0.705. The summed E-state index contributed by atoms with van der Waals surface area (Å²) in [5.74, 6) is -0.362. The molecule has 1 fully saturated rings. The van der Waals surface area contributed by atoms with Crippen LogP contribution in [0.3, 0.4) is 0 Å². The number of rotatable bonds is 5. The van der Waals surface area contributed by atoms with Gasteiger partial charge in [-0.05, 0) is 6.07 Å². The van der Waals surface area contributed by atoms with Crippen molar-refractivity contribution in [2.24, 2.45) is 0 Å². The molecular formula is C13H17N5O3S. The summed E-state index contributed by atoms with van der Waals surface area (Å²) in [5, 5.41) is 29.5. The fourth-order valence-electron chi connectivity index (χ4n) is 2.52. The zero-order chi connectivity index (χ0) is 15.6. The van der Waals surface area contributed by atoms with E-state index in [4.69, 9.17) is 0 Å². The van der Waals surface area contributed by atoms with Gasteiger partial charge in [0, 0.05) is 36.9 Å². The van der Waals surface area contributed by atoms with Crippen molar-refractivity contribution in [3.63, 3.8) is 0 Å². The van der Waals surface area contributed by atoms with Crippen molar-refractivity contribution < 1.29 is 15.0 Å². The molecule has 0 spiro atoms. The number of aliphatic hydroxyl groups excluding tert-OH is 1. The summed E-state index contributed by atoms with van der Waals surface area (Å²) in [6, 6.07) is 1.54. The SMILES string of the molecule is O=C(NC[C@]1(O)CN(Cc2cncs2)C[C@H]1O)c1ccn[nH]1. The van der Waals surface area contributed by atoms with Gasteiger partial charge in [-0.15, -0.1) is 11.3 Å². The summed E-state index contributed by atoms with van der Waals surface area (Å²) in [4.78, 5) is 18.9. The maximum absolute atomic E-state index is 11.9. The average Bonchev–Trinajstić information content (AvgIpc) is 3.20. The van der Waals surface area contributed by atoms with Crippen molar-refractivity contribution in [2.45, 2.75) is 18.2 Å². The molecule has 3 heterocycles. The minimum Gasteiger partial charge on any atom is -0.389 e. The van der Waals surface area contributed by atoms with Gasteiger partial charge in [0.2, 0.25) is 0 Å². The van der Waals surface area contributed by atoms with Crippen molar-refractivity contribution in [3.05, 3.63) is 34.5 Å². The number of nitrogens with zero attached hydrogens (tertiary/aromatic N) is 3. The number of carbonyl (C=O) groups excluding carboxylic acids is 1. The summed E-state index contributed by atoms with van der Waals surface area (Å²) < 4.78 is 0. The Kier molecular flexibility index (Phi) is 4.21. The molecule has 0 aromatic carbocycles. The van der Waals surface area contributed by atoms with E-state index < -0.39 is 11.7 Å². The molecular weight excluding hydrogens is 306 g/mol. The molecule has 0 unspecified atom stereocenters. The Morgan fingerprint density at radius 3 is 3.18 bits per heavy atom. The smallest absolute Gasteiger partial charge is 0.269 e. The predicted molar refractivity (Wildman–Crippen MR) is 79.3 cm³/mol. The average molecular weight is 323 g/mol. The quantitative estimate of drug-likeness (QED) is 0.573. The van der Waals surface area contributed by atoms with Crippen LogP contribution < -0.4 is 5.32 Å². The van der Waals surface area contributed by atoms with Crippen LogP contribution in [0.1, 0.15) is 15.4 Å². The predicted octanol–water partition coefficient (Wildman–Crippen LogP) is -0.796. The molecule has 22 heavy (non-hydrogen) atoms. The minimum atomic E-state index is -1.36. The van der Waals surface area contributed by atoms with E-state index in [1.807, 2.05) is 4.90 Å². The van der Waals surface area contributed by atoms with E-state index in [9.17, 15) is 15.0 Å². The maximum atomic E-state index is 11.9. The lowest BCUT2D eigenvalue weighted by Crippen LogP contribution is -2.51. The normalized spacial score (nSPS) is 25.5. The lowest BCUT2D eigenvalue weighted by Gasteiger charge is -2.26. The number of nitrogens with one attached hydrogen (secondary N) is 2. The Labute approximate surface area is 130 Å². The van der Waals surface area contributed by atoms with E-state index in [-0.39, 0.29) is 19.0 Å². The van der Waals surface area contributed by atoms with Crippen molar-refractivity contribution in [1.29, 1.82) is 0 Å². The van der Waals surface area contributed by atoms with Crippen LogP contribution in [0.2, 0.25) is 0 Å². The summed E-state index contributed by atoms with van der Waals surface area (Å²) in [7, 11) is 0. The maximum Gasteiger partial charge on any atom is 0.269 e. The zero-order valence-corrected chi connectivity index (χ0v) is 12.6. The third-order valence-corrected chi connectivity index (χ3v) is 4.48. The molecule has 0 aliphatic carbocycles. The Morgan fingerprint density at radius 2 is 2.50 bits per heavy atom. The van der Waals surface area contributed by atoms with Gasteiger partial charge in [0.25, 0.3) is 5.91 Å². The van der Waals surface area contributed by atoms with Crippen LogP contribution in [0.4, 0.5) is 0 Å². The van der Waals surface area contributed by atoms with E-state index in [1.165, 1.54) is 17.5 Å². The molecule has 8 nitrogen and oxygen atoms in total. The number of thiazole rings is 1. The number of likely N-dealkylation sites (tertiary alicyclic amines) is 1. The first-order chi connectivity index (χ1) is 10.6. The van der Waals surface area contributed by atoms with E-state index in [2.05, 4.69) is 20.5 Å². The van der Waals surface area contributed by atoms with Gasteiger partial charge in [0.15, 0.2) is 0 Å². The van der Waals surface area contributed by atoms with Crippen LogP contribution in [-0.4, -0.2) is 67.5 Å². The molecule has 9 heteroatoms. The van der Waals surface area contributed by atoms with Gasteiger partial charge in [0.1, 0.15) is 11.3 Å². The lowest BCUT2D eigenvalue weighted by molar-refractivity contribution is -0.0377. The van der Waals surface area contributed by atoms with Gasteiger partial charge < -0.3 is 15.5 Å². The Balaban J connectivity index is 1.57. The summed E-state index contributed by atoms with van der Waals surface area (Å²) >= 11 is 1.53. The van der Waals surface area contributed by atoms with Gasteiger partial charge in [0.05, 0.1) is 18.2 Å². The lowest BCUT2D eigenvalue weighted by atomic mass is 10.0. The second-order valence-electron chi connectivity index (χ2n) is 5.41. The van der Waals surface area contributed by atoms with Crippen LogP contribution in [-0.2, 0) is 6.54 Å². The van der Waals surface area contributed by atoms with Crippen molar-refractivity contribution >= 4 is 17.2 Å². The molecule has 1 aliphatic rings. The van der Waals surface area contributed by atoms with Gasteiger partial charge in [-0.2, -0.15) is 5.10 Å². The Morgan fingerprint density at radius 1 is 1.64 bits per heavy atom. The number of H-pyrrole nitrogens is 1. The minimum absolute atomic E-state index is 0.0226. The van der Waals surface area contributed by atoms with Crippen molar-refractivity contribution in [3.8, 4) is 0 Å². The molecule has 0 bridgehead atoms. The van der Waals surface area contributed by atoms with Crippen LogP contribution in [0.5, 0.6) is 0 Å². The second-order valence-corrected chi connectivity index (χ2v) is 6.38. The highest BCUT2D eigenvalue weighted by Gasteiger charge is 2.44. The standard InChI is InChI=1S/C13H17N5O3S/c19-11-5-18(4-9-3-14-8-22-9)7-13(11,21)6-15-12(20)10-1-2-16-17-10/h1-3,8,11,19,21H,4-7H2,(H,15,20)(H,16,17)/t11-,13+/m1/s1. The van der Waals surface area contributed by atoms with E-state index in [0.29, 0.717) is 18.8 Å². The van der Waals surface area contributed by atoms with Crippen LogP contribution in [0.15, 0.2) is 24.0 Å². The Bertz CT molecular complexity index is 618. The molecule has 2 aromatic heterocycles. The number of aliphatic hydroxyl groups is 2. The number of amides is 1. The molecule has 0 saturated carbocycles. The number of aromatic amines is 1. The monoisotopic (exact) mass is 323 g/mol. The fourth-order valence-corrected chi connectivity index (χ4v) is 3.15. The van der Waals surface area contributed by atoms with E-state index >= 15 is 0 Å². The first-order valence-electron chi connectivity index (χ1n) is 6.84. The second kappa shape index (κ2) is 6.13. The molecule has 3 rings (SSSR count). The van der Waals surface area contributed by atoms with Crippen LogP contribution in [0, 0.1) is 0 Å². The third kappa shape index (κ3) is 3.17. The molecule has 2 atom stereocenters.